The number of aromatic nitrogens is 1. The summed E-state index contributed by atoms with van der Waals surface area (Å²) in [6.07, 6.45) is 3.12. The van der Waals surface area contributed by atoms with Gasteiger partial charge in [-0.1, -0.05) is 6.07 Å². The van der Waals surface area contributed by atoms with E-state index in [0.717, 1.165) is 35.0 Å². The van der Waals surface area contributed by atoms with Crippen molar-refractivity contribution in [1.82, 2.24) is 9.88 Å². The van der Waals surface area contributed by atoms with Crippen LogP contribution in [0.1, 0.15) is 31.4 Å². The number of aliphatic carboxylic acids is 1. The Hall–Kier alpha value is -1.73. The van der Waals surface area contributed by atoms with Crippen LogP contribution >= 0.6 is 22.7 Å². The van der Waals surface area contributed by atoms with E-state index in [4.69, 9.17) is 5.11 Å². The maximum Gasteiger partial charge on any atom is 0.303 e. The highest BCUT2D eigenvalue weighted by atomic mass is 32.1. The van der Waals surface area contributed by atoms with Crippen molar-refractivity contribution in [2.24, 2.45) is 5.92 Å². The van der Waals surface area contributed by atoms with Crippen LogP contribution in [0.2, 0.25) is 0 Å². The summed E-state index contributed by atoms with van der Waals surface area (Å²) in [6, 6.07) is 4.03. The zero-order chi connectivity index (χ0) is 16.9. The molecule has 0 aliphatic carbocycles. The Morgan fingerprint density at radius 1 is 1.38 bits per heavy atom. The van der Waals surface area contributed by atoms with E-state index in [2.05, 4.69) is 4.98 Å². The molecule has 1 N–H and O–H groups in total. The zero-order valence-electron chi connectivity index (χ0n) is 13.3. The van der Waals surface area contributed by atoms with E-state index in [-0.39, 0.29) is 12.3 Å². The van der Waals surface area contributed by atoms with Crippen molar-refractivity contribution in [2.75, 3.05) is 13.1 Å². The molecule has 3 heterocycles. The molecule has 7 heteroatoms. The summed E-state index contributed by atoms with van der Waals surface area (Å²) in [5.41, 5.74) is 0.820. The first-order valence-electron chi connectivity index (χ1n) is 8.09. The van der Waals surface area contributed by atoms with Crippen molar-refractivity contribution >= 4 is 34.6 Å². The van der Waals surface area contributed by atoms with Gasteiger partial charge in [0.1, 0.15) is 5.01 Å². The number of hydrogen-bond acceptors (Lipinski definition) is 5. The van der Waals surface area contributed by atoms with Crippen molar-refractivity contribution in [3.8, 4) is 9.88 Å². The van der Waals surface area contributed by atoms with Gasteiger partial charge in [0.2, 0.25) is 5.91 Å². The first kappa shape index (κ1) is 17.1. The number of carbonyl (C=O) groups is 2. The van der Waals surface area contributed by atoms with Gasteiger partial charge in [0.25, 0.3) is 0 Å². The molecule has 0 aromatic carbocycles. The molecule has 1 amide bonds. The largest absolute Gasteiger partial charge is 0.481 e. The Kier molecular flexibility index (Phi) is 5.63. The third kappa shape index (κ3) is 4.42. The van der Waals surface area contributed by atoms with Gasteiger partial charge in [0.05, 0.1) is 17.0 Å². The number of hydrogen-bond donors (Lipinski definition) is 1. The first-order valence-corrected chi connectivity index (χ1v) is 9.85. The number of thiophene rings is 1. The van der Waals surface area contributed by atoms with Crippen LogP contribution in [0.3, 0.4) is 0 Å². The summed E-state index contributed by atoms with van der Waals surface area (Å²) in [7, 11) is 0. The Morgan fingerprint density at radius 3 is 3.00 bits per heavy atom. The summed E-state index contributed by atoms with van der Waals surface area (Å²) >= 11 is 3.22. The van der Waals surface area contributed by atoms with E-state index >= 15 is 0 Å². The normalized spacial score (nSPS) is 17.8. The van der Waals surface area contributed by atoms with Crippen LogP contribution < -0.4 is 0 Å². The van der Waals surface area contributed by atoms with E-state index in [9.17, 15) is 9.59 Å². The Labute approximate surface area is 149 Å². The molecule has 0 spiro atoms. The van der Waals surface area contributed by atoms with Gasteiger partial charge in [-0.15, -0.1) is 22.7 Å². The van der Waals surface area contributed by atoms with E-state index in [1.807, 2.05) is 27.8 Å². The van der Waals surface area contributed by atoms with Gasteiger partial charge in [-0.2, -0.15) is 0 Å². The summed E-state index contributed by atoms with van der Waals surface area (Å²) in [5, 5.41) is 13.7. The third-order valence-corrected chi connectivity index (χ3v) is 6.18. The molecule has 0 bridgehead atoms. The fourth-order valence-corrected chi connectivity index (χ4v) is 4.66. The molecule has 24 heavy (non-hydrogen) atoms. The lowest BCUT2D eigenvalue weighted by molar-refractivity contribution is -0.137. The maximum absolute atomic E-state index is 12.5. The molecule has 3 rings (SSSR count). The van der Waals surface area contributed by atoms with Crippen molar-refractivity contribution < 1.29 is 14.7 Å². The van der Waals surface area contributed by atoms with Crippen LogP contribution in [0.5, 0.6) is 0 Å². The molecular formula is C17H20N2O3S2. The summed E-state index contributed by atoms with van der Waals surface area (Å²) in [4.78, 5) is 30.8. The van der Waals surface area contributed by atoms with Crippen LogP contribution in [0.15, 0.2) is 22.9 Å². The highest BCUT2D eigenvalue weighted by Crippen LogP contribution is 2.28. The molecule has 0 radical (unpaired) electrons. The quantitative estimate of drug-likeness (QED) is 0.851. The highest BCUT2D eigenvalue weighted by Gasteiger charge is 2.24. The monoisotopic (exact) mass is 364 g/mol. The van der Waals surface area contributed by atoms with Crippen molar-refractivity contribution in [3.63, 3.8) is 0 Å². The molecule has 5 nitrogen and oxygen atoms in total. The second kappa shape index (κ2) is 7.90. The van der Waals surface area contributed by atoms with Gasteiger partial charge < -0.3 is 10.0 Å². The molecule has 2 aromatic rings. The standard InChI is InChI=1S/C17H20N2O3S2/c20-15(19-7-1-3-12(10-19)5-6-16(21)22)9-13-11-24-17(18-13)14-4-2-8-23-14/h2,4,8,11-12H,1,3,5-7,9-10H2,(H,21,22). The number of carboxylic acid groups (broad SMARTS) is 1. The Balaban J connectivity index is 1.55. The second-order valence-corrected chi connectivity index (χ2v) is 7.88. The molecule has 1 aliphatic rings. The zero-order valence-corrected chi connectivity index (χ0v) is 14.9. The van der Waals surface area contributed by atoms with Gasteiger partial charge in [-0.25, -0.2) is 4.98 Å². The minimum absolute atomic E-state index is 0.0954. The van der Waals surface area contributed by atoms with Gasteiger partial charge in [0, 0.05) is 24.9 Å². The van der Waals surface area contributed by atoms with Gasteiger partial charge in [-0.3, -0.25) is 9.59 Å². The summed E-state index contributed by atoms with van der Waals surface area (Å²) in [5.74, 6) is -0.365. The number of carboxylic acids is 1. The predicted molar refractivity (Wildman–Crippen MR) is 95.3 cm³/mol. The molecule has 1 unspecified atom stereocenters. The second-order valence-electron chi connectivity index (χ2n) is 6.08. The predicted octanol–water partition coefficient (Wildman–Crippen LogP) is 3.52. The summed E-state index contributed by atoms with van der Waals surface area (Å²) < 4.78 is 0. The van der Waals surface area contributed by atoms with Gasteiger partial charge in [-0.05, 0) is 36.6 Å². The molecule has 1 saturated heterocycles. The fourth-order valence-electron chi connectivity index (χ4n) is 3.02. The van der Waals surface area contributed by atoms with Gasteiger partial charge in [0.15, 0.2) is 0 Å². The average Bonchev–Trinajstić information content (AvgIpc) is 3.24. The van der Waals surface area contributed by atoms with Crippen molar-refractivity contribution in [2.45, 2.75) is 32.1 Å². The van der Waals surface area contributed by atoms with E-state index in [1.54, 1.807) is 22.7 Å². The smallest absolute Gasteiger partial charge is 0.303 e. The fraction of sp³-hybridized carbons (Fsp3) is 0.471. The Bertz CT molecular complexity index is 697. The third-order valence-electron chi connectivity index (χ3n) is 4.25. The minimum atomic E-state index is -0.762. The Morgan fingerprint density at radius 2 is 2.25 bits per heavy atom. The molecule has 2 aromatic heterocycles. The van der Waals surface area contributed by atoms with E-state index in [1.165, 1.54) is 0 Å². The van der Waals surface area contributed by atoms with E-state index in [0.29, 0.717) is 25.3 Å². The summed E-state index contributed by atoms with van der Waals surface area (Å²) in [6.45, 7) is 1.44. The van der Waals surface area contributed by atoms with Crippen molar-refractivity contribution in [3.05, 3.63) is 28.6 Å². The number of likely N-dealkylation sites (tertiary alicyclic amines) is 1. The SMILES string of the molecule is O=C(O)CCC1CCCN(C(=O)Cc2csc(-c3cccs3)n2)C1. The molecule has 128 valence electrons. The highest BCUT2D eigenvalue weighted by molar-refractivity contribution is 7.20. The molecule has 1 atom stereocenters. The number of nitrogens with zero attached hydrogens (tertiary/aromatic N) is 2. The van der Waals surface area contributed by atoms with Crippen LogP contribution in [-0.4, -0.2) is 40.0 Å². The molecule has 1 fully saturated rings. The van der Waals surface area contributed by atoms with Crippen LogP contribution in [0, 0.1) is 5.92 Å². The lowest BCUT2D eigenvalue weighted by Crippen LogP contribution is -2.40. The number of thiazole rings is 1. The first-order chi connectivity index (χ1) is 11.6. The minimum Gasteiger partial charge on any atom is -0.481 e. The average molecular weight is 364 g/mol. The lowest BCUT2D eigenvalue weighted by Gasteiger charge is -2.32. The topological polar surface area (TPSA) is 70.5 Å². The maximum atomic E-state index is 12.5. The number of amides is 1. The molecule has 1 aliphatic heterocycles. The molecular weight excluding hydrogens is 344 g/mol. The van der Waals surface area contributed by atoms with E-state index < -0.39 is 5.97 Å². The number of rotatable bonds is 6. The van der Waals surface area contributed by atoms with Crippen LogP contribution in [-0.2, 0) is 16.0 Å². The number of carbonyl (C=O) groups excluding carboxylic acids is 1. The van der Waals surface area contributed by atoms with Crippen LogP contribution in [0.25, 0.3) is 9.88 Å². The van der Waals surface area contributed by atoms with Crippen molar-refractivity contribution in [1.29, 1.82) is 0 Å². The molecule has 0 saturated carbocycles. The van der Waals surface area contributed by atoms with Gasteiger partial charge >= 0.3 is 5.97 Å². The van der Waals surface area contributed by atoms with Crippen LogP contribution in [0.4, 0.5) is 0 Å². The lowest BCUT2D eigenvalue weighted by atomic mass is 9.93. The number of piperidine rings is 1.